The molecule has 1 radical (unpaired) electrons. The lowest BCUT2D eigenvalue weighted by atomic mass is 10.2. The summed E-state index contributed by atoms with van der Waals surface area (Å²) in [5.74, 6) is -0.110. The Morgan fingerprint density at radius 1 is 1.18 bits per heavy atom. The number of nitrogens with one attached hydrogen (secondary N) is 1. The lowest BCUT2D eigenvalue weighted by molar-refractivity contribution is 0.0950. The van der Waals surface area contributed by atoms with E-state index < -0.39 is 0 Å². The highest BCUT2D eigenvalue weighted by Crippen LogP contribution is 2.09. The molecule has 2 aromatic carbocycles. The molecule has 0 aliphatic rings. The predicted octanol–water partition coefficient (Wildman–Crippen LogP) is 3.18. The predicted molar refractivity (Wildman–Crippen MR) is 70.6 cm³/mol. The van der Waals surface area contributed by atoms with Gasteiger partial charge >= 0.3 is 0 Å². The van der Waals surface area contributed by atoms with Crippen LogP contribution >= 0.6 is 15.9 Å². The summed E-state index contributed by atoms with van der Waals surface area (Å²) in [6.07, 6.45) is 0. The van der Waals surface area contributed by atoms with Crippen LogP contribution in [0.25, 0.3) is 0 Å². The van der Waals surface area contributed by atoms with Gasteiger partial charge in [0.1, 0.15) is 0 Å². The van der Waals surface area contributed by atoms with Crippen molar-refractivity contribution in [2.24, 2.45) is 0 Å². The van der Waals surface area contributed by atoms with Crippen molar-refractivity contribution in [3.8, 4) is 0 Å². The minimum Gasteiger partial charge on any atom is -0.348 e. The molecule has 2 aromatic rings. The standard InChI is InChI=1S/C14H11BrNO/c15-13-8-6-12(7-9-13)14(17)16-10-11-4-2-1-3-5-11/h1-6,8-9H,10H2,(H,16,17). The second-order valence-corrected chi connectivity index (χ2v) is 4.50. The zero-order chi connectivity index (χ0) is 12.1. The van der Waals surface area contributed by atoms with Crippen molar-refractivity contribution in [3.05, 3.63) is 70.2 Å². The summed E-state index contributed by atoms with van der Waals surface area (Å²) in [4.78, 5) is 11.8. The van der Waals surface area contributed by atoms with Crippen LogP contribution < -0.4 is 5.32 Å². The van der Waals surface area contributed by atoms with Gasteiger partial charge in [-0.3, -0.25) is 4.79 Å². The molecule has 0 aromatic heterocycles. The highest BCUT2D eigenvalue weighted by atomic mass is 79.9. The van der Waals surface area contributed by atoms with Gasteiger partial charge in [-0.1, -0.05) is 46.3 Å². The van der Waals surface area contributed by atoms with E-state index in [9.17, 15) is 4.79 Å². The van der Waals surface area contributed by atoms with Gasteiger partial charge in [-0.15, -0.1) is 0 Å². The van der Waals surface area contributed by atoms with Crippen molar-refractivity contribution in [1.82, 2.24) is 5.32 Å². The highest BCUT2D eigenvalue weighted by molar-refractivity contribution is 9.10. The van der Waals surface area contributed by atoms with Crippen LogP contribution in [0.1, 0.15) is 15.9 Å². The molecule has 17 heavy (non-hydrogen) atoms. The Morgan fingerprint density at radius 2 is 1.94 bits per heavy atom. The average molecular weight is 289 g/mol. The van der Waals surface area contributed by atoms with Gasteiger partial charge in [0.25, 0.3) is 5.91 Å². The van der Waals surface area contributed by atoms with Gasteiger partial charge < -0.3 is 5.32 Å². The highest BCUT2D eigenvalue weighted by Gasteiger charge is 2.04. The van der Waals surface area contributed by atoms with E-state index in [1.807, 2.05) is 36.4 Å². The maximum absolute atomic E-state index is 11.8. The first-order valence-electron chi connectivity index (χ1n) is 5.25. The largest absolute Gasteiger partial charge is 0.348 e. The second-order valence-electron chi connectivity index (χ2n) is 3.59. The van der Waals surface area contributed by atoms with Crippen molar-refractivity contribution in [3.63, 3.8) is 0 Å². The number of carbonyl (C=O) groups is 1. The fourth-order valence-corrected chi connectivity index (χ4v) is 1.67. The van der Waals surface area contributed by atoms with E-state index in [1.54, 1.807) is 12.1 Å². The summed E-state index contributed by atoms with van der Waals surface area (Å²) in [7, 11) is 0. The number of halogens is 1. The summed E-state index contributed by atoms with van der Waals surface area (Å²) in [6, 6.07) is 18.0. The summed E-state index contributed by atoms with van der Waals surface area (Å²) < 4.78 is 0.914. The molecule has 0 saturated heterocycles. The monoisotopic (exact) mass is 288 g/mol. The van der Waals surface area contributed by atoms with Gasteiger partial charge in [0.2, 0.25) is 0 Å². The van der Waals surface area contributed by atoms with Crippen molar-refractivity contribution in [2.75, 3.05) is 0 Å². The van der Waals surface area contributed by atoms with Gasteiger partial charge in [-0.05, 0) is 29.8 Å². The normalized spacial score (nSPS) is 9.94. The zero-order valence-corrected chi connectivity index (χ0v) is 10.7. The Kier molecular flexibility index (Phi) is 3.94. The maximum atomic E-state index is 11.8. The van der Waals surface area contributed by atoms with Gasteiger partial charge in [-0.2, -0.15) is 0 Å². The van der Waals surface area contributed by atoms with Crippen molar-refractivity contribution < 1.29 is 4.79 Å². The Labute approximate surface area is 109 Å². The summed E-state index contributed by atoms with van der Waals surface area (Å²) in [5, 5.41) is 2.85. The molecule has 0 unspecified atom stereocenters. The molecule has 0 saturated carbocycles. The van der Waals surface area contributed by atoms with Crippen LogP contribution in [-0.4, -0.2) is 5.91 Å². The van der Waals surface area contributed by atoms with E-state index in [4.69, 9.17) is 0 Å². The van der Waals surface area contributed by atoms with Crippen LogP contribution in [0.3, 0.4) is 0 Å². The van der Waals surface area contributed by atoms with E-state index in [-0.39, 0.29) is 5.91 Å². The van der Waals surface area contributed by atoms with Crippen LogP contribution in [0.15, 0.2) is 53.0 Å². The Hall–Kier alpha value is -1.61. The van der Waals surface area contributed by atoms with Crippen molar-refractivity contribution in [2.45, 2.75) is 6.54 Å². The fourth-order valence-electron chi connectivity index (χ4n) is 1.42. The molecule has 0 fully saturated rings. The fraction of sp³-hybridized carbons (Fsp3) is 0.0714. The minimum atomic E-state index is -0.110. The molecule has 2 rings (SSSR count). The van der Waals surface area contributed by atoms with E-state index in [2.05, 4.69) is 27.3 Å². The number of hydrogen-bond donors (Lipinski definition) is 1. The van der Waals surface area contributed by atoms with Crippen LogP contribution in [0.4, 0.5) is 0 Å². The quantitative estimate of drug-likeness (QED) is 0.923. The minimum absolute atomic E-state index is 0.110. The number of amides is 1. The van der Waals surface area contributed by atoms with Gasteiger partial charge in [0, 0.05) is 16.6 Å². The molecule has 0 aliphatic carbocycles. The molecule has 0 aliphatic heterocycles. The first-order chi connectivity index (χ1) is 8.25. The van der Waals surface area contributed by atoms with E-state index >= 15 is 0 Å². The Balaban J connectivity index is 1.96. The van der Waals surface area contributed by atoms with Crippen LogP contribution in [0.2, 0.25) is 0 Å². The number of benzene rings is 2. The maximum Gasteiger partial charge on any atom is 0.252 e. The van der Waals surface area contributed by atoms with Gasteiger partial charge in [0.05, 0.1) is 0 Å². The Bertz CT molecular complexity index is 493. The summed E-state index contributed by atoms with van der Waals surface area (Å²) in [6.45, 7) is 0.531. The molecule has 2 nitrogen and oxygen atoms in total. The van der Waals surface area contributed by atoms with E-state index in [0.717, 1.165) is 10.0 Å². The van der Waals surface area contributed by atoms with Gasteiger partial charge in [-0.25, -0.2) is 0 Å². The molecule has 1 amide bonds. The third-order valence-electron chi connectivity index (χ3n) is 2.32. The smallest absolute Gasteiger partial charge is 0.252 e. The number of rotatable bonds is 3. The van der Waals surface area contributed by atoms with Crippen LogP contribution in [-0.2, 0) is 6.54 Å². The van der Waals surface area contributed by atoms with E-state index in [0.29, 0.717) is 12.1 Å². The number of carbonyl (C=O) groups excluding carboxylic acids is 1. The summed E-state index contributed by atoms with van der Waals surface area (Å²) >= 11 is 3.31. The van der Waals surface area contributed by atoms with Crippen LogP contribution in [0.5, 0.6) is 0 Å². The van der Waals surface area contributed by atoms with Crippen LogP contribution in [0, 0.1) is 6.07 Å². The third kappa shape index (κ3) is 3.43. The van der Waals surface area contributed by atoms with Crippen molar-refractivity contribution >= 4 is 21.8 Å². The molecule has 0 atom stereocenters. The second kappa shape index (κ2) is 5.64. The first-order valence-corrected chi connectivity index (χ1v) is 6.04. The molecular weight excluding hydrogens is 278 g/mol. The zero-order valence-electron chi connectivity index (χ0n) is 9.11. The lowest BCUT2D eigenvalue weighted by Crippen LogP contribution is -2.22. The first kappa shape index (κ1) is 11.9. The number of hydrogen-bond acceptors (Lipinski definition) is 1. The van der Waals surface area contributed by atoms with Crippen molar-refractivity contribution in [1.29, 1.82) is 0 Å². The molecule has 0 spiro atoms. The molecule has 1 N–H and O–H groups in total. The summed E-state index contributed by atoms with van der Waals surface area (Å²) in [5.41, 5.74) is 1.63. The average Bonchev–Trinajstić information content (AvgIpc) is 2.38. The molecule has 85 valence electrons. The molecule has 3 heteroatoms. The Morgan fingerprint density at radius 3 is 2.59 bits per heavy atom. The molecular formula is C14H11BrNO. The SMILES string of the molecule is O=C(NCc1ccccc1)c1[c]cc(Br)cc1. The topological polar surface area (TPSA) is 29.1 Å². The van der Waals surface area contributed by atoms with E-state index in [1.165, 1.54) is 0 Å². The molecule has 0 bridgehead atoms. The molecule has 0 heterocycles. The van der Waals surface area contributed by atoms with Gasteiger partial charge in [0.15, 0.2) is 0 Å². The lowest BCUT2D eigenvalue weighted by Gasteiger charge is -2.05. The third-order valence-corrected chi connectivity index (χ3v) is 2.81.